The Kier molecular flexibility index (Phi) is 5.20. The van der Waals surface area contributed by atoms with Gasteiger partial charge < -0.3 is 25.5 Å². The Morgan fingerprint density at radius 3 is 2.38 bits per heavy atom. The van der Waals surface area contributed by atoms with E-state index < -0.39 is 0 Å². The standard InChI is InChI=1S/C21H29N7O/c29-17-3-7-28(8-4-17)21-12-16(27-9-5-22-6-10-27)11-19(26-21)25-20-14-23-18(13-24-20)15-1-2-15/h11-15,17,22,29H,1-10H2,(H,24,25,26). The molecule has 3 N–H and O–H groups in total. The van der Waals surface area contributed by atoms with E-state index >= 15 is 0 Å². The molecule has 2 aliphatic heterocycles. The van der Waals surface area contributed by atoms with Gasteiger partial charge in [-0.05, 0) is 25.7 Å². The molecule has 0 atom stereocenters. The van der Waals surface area contributed by atoms with Crippen LogP contribution in [-0.4, -0.2) is 65.4 Å². The number of hydrogen-bond acceptors (Lipinski definition) is 8. The van der Waals surface area contributed by atoms with Gasteiger partial charge in [-0.25, -0.2) is 9.97 Å². The molecule has 29 heavy (non-hydrogen) atoms. The molecule has 154 valence electrons. The van der Waals surface area contributed by atoms with Crippen LogP contribution in [0.15, 0.2) is 24.5 Å². The molecular weight excluding hydrogens is 366 g/mol. The van der Waals surface area contributed by atoms with Gasteiger partial charge in [-0.2, -0.15) is 0 Å². The Hall–Kier alpha value is -2.45. The molecular formula is C21H29N7O. The predicted octanol–water partition coefficient (Wildman–Crippen LogP) is 1.86. The van der Waals surface area contributed by atoms with Gasteiger partial charge in [-0.3, -0.25) is 4.98 Å². The van der Waals surface area contributed by atoms with Crippen molar-refractivity contribution in [1.29, 1.82) is 0 Å². The minimum absolute atomic E-state index is 0.194. The molecule has 0 spiro atoms. The molecule has 5 rings (SSSR count). The highest BCUT2D eigenvalue weighted by atomic mass is 16.3. The third-order valence-electron chi connectivity index (χ3n) is 5.99. The highest BCUT2D eigenvalue weighted by Crippen LogP contribution is 2.38. The molecule has 0 aromatic carbocycles. The first-order valence-corrected chi connectivity index (χ1v) is 10.7. The molecule has 1 saturated carbocycles. The summed E-state index contributed by atoms with van der Waals surface area (Å²) in [6, 6.07) is 4.28. The maximum Gasteiger partial charge on any atom is 0.150 e. The van der Waals surface area contributed by atoms with E-state index in [1.165, 1.54) is 18.5 Å². The summed E-state index contributed by atoms with van der Waals surface area (Å²) in [6.07, 6.45) is 7.53. The zero-order valence-electron chi connectivity index (χ0n) is 16.7. The molecule has 4 heterocycles. The first-order valence-electron chi connectivity index (χ1n) is 10.7. The number of aliphatic hydroxyl groups excluding tert-OH is 1. The first kappa shape index (κ1) is 18.6. The molecule has 2 saturated heterocycles. The Morgan fingerprint density at radius 2 is 1.69 bits per heavy atom. The molecule has 0 unspecified atom stereocenters. The quantitative estimate of drug-likeness (QED) is 0.707. The van der Waals surface area contributed by atoms with Crippen molar-refractivity contribution in [2.24, 2.45) is 0 Å². The van der Waals surface area contributed by atoms with Crippen LogP contribution >= 0.6 is 0 Å². The minimum Gasteiger partial charge on any atom is -0.393 e. The van der Waals surface area contributed by atoms with Crippen molar-refractivity contribution in [3.63, 3.8) is 0 Å². The summed E-state index contributed by atoms with van der Waals surface area (Å²) in [4.78, 5) is 18.6. The number of piperazine rings is 1. The topological polar surface area (TPSA) is 89.4 Å². The average Bonchev–Trinajstić information content (AvgIpc) is 3.61. The molecule has 0 amide bonds. The number of nitrogens with zero attached hydrogens (tertiary/aromatic N) is 5. The van der Waals surface area contributed by atoms with E-state index in [9.17, 15) is 5.11 Å². The van der Waals surface area contributed by atoms with Gasteiger partial charge in [0.25, 0.3) is 0 Å². The fourth-order valence-electron chi connectivity index (χ4n) is 4.05. The van der Waals surface area contributed by atoms with Crippen molar-refractivity contribution in [2.75, 3.05) is 54.4 Å². The van der Waals surface area contributed by atoms with E-state index in [0.29, 0.717) is 5.92 Å². The zero-order valence-corrected chi connectivity index (χ0v) is 16.7. The molecule has 0 radical (unpaired) electrons. The SMILES string of the molecule is OC1CCN(c2cc(N3CCNCC3)cc(Nc3cnc(C4CC4)cn3)n2)CC1. The van der Waals surface area contributed by atoms with Gasteiger partial charge in [-0.1, -0.05) is 0 Å². The van der Waals surface area contributed by atoms with Gasteiger partial charge in [0.2, 0.25) is 0 Å². The van der Waals surface area contributed by atoms with Gasteiger partial charge in [0, 0.05) is 63.0 Å². The Balaban J connectivity index is 1.40. The average molecular weight is 396 g/mol. The van der Waals surface area contributed by atoms with Crippen molar-refractivity contribution in [3.05, 3.63) is 30.2 Å². The van der Waals surface area contributed by atoms with E-state index in [2.05, 4.69) is 42.5 Å². The fraction of sp³-hybridized carbons (Fsp3) is 0.571. The van der Waals surface area contributed by atoms with Crippen LogP contribution in [-0.2, 0) is 0 Å². The van der Waals surface area contributed by atoms with Gasteiger partial charge in [0.15, 0.2) is 0 Å². The van der Waals surface area contributed by atoms with Crippen molar-refractivity contribution in [2.45, 2.75) is 37.7 Å². The highest BCUT2D eigenvalue weighted by molar-refractivity contribution is 5.65. The maximum absolute atomic E-state index is 9.86. The van der Waals surface area contributed by atoms with E-state index in [1.807, 2.05) is 12.4 Å². The number of nitrogens with one attached hydrogen (secondary N) is 2. The van der Waals surface area contributed by atoms with E-state index in [1.54, 1.807) is 0 Å². The summed E-state index contributed by atoms with van der Waals surface area (Å²) >= 11 is 0. The van der Waals surface area contributed by atoms with Crippen molar-refractivity contribution in [1.82, 2.24) is 20.3 Å². The molecule has 8 heteroatoms. The summed E-state index contributed by atoms with van der Waals surface area (Å²) in [5.41, 5.74) is 2.26. The van der Waals surface area contributed by atoms with Crippen LogP contribution < -0.4 is 20.4 Å². The summed E-state index contributed by atoms with van der Waals surface area (Å²) < 4.78 is 0. The summed E-state index contributed by atoms with van der Waals surface area (Å²) in [7, 11) is 0. The van der Waals surface area contributed by atoms with Crippen molar-refractivity contribution < 1.29 is 5.11 Å². The highest BCUT2D eigenvalue weighted by Gasteiger charge is 2.25. The molecule has 0 bridgehead atoms. The Bertz CT molecular complexity index is 825. The van der Waals surface area contributed by atoms with Gasteiger partial charge in [0.05, 0.1) is 24.2 Å². The molecule has 8 nitrogen and oxygen atoms in total. The van der Waals surface area contributed by atoms with Crippen molar-refractivity contribution in [3.8, 4) is 0 Å². The van der Waals surface area contributed by atoms with Crippen LogP contribution in [0.1, 0.15) is 37.3 Å². The molecule has 3 aliphatic rings. The second-order valence-corrected chi connectivity index (χ2v) is 8.25. The van der Waals surface area contributed by atoms with Crippen LogP contribution in [0.3, 0.4) is 0 Å². The molecule has 2 aromatic rings. The van der Waals surface area contributed by atoms with E-state index in [-0.39, 0.29) is 6.10 Å². The lowest BCUT2D eigenvalue weighted by Crippen LogP contribution is -2.43. The van der Waals surface area contributed by atoms with Gasteiger partial charge in [-0.15, -0.1) is 0 Å². The maximum atomic E-state index is 9.86. The van der Waals surface area contributed by atoms with Crippen molar-refractivity contribution >= 4 is 23.1 Å². The smallest absolute Gasteiger partial charge is 0.150 e. The number of aromatic nitrogens is 3. The molecule has 1 aliphatic carbocycles. The Morgan fingerprint density at radius 1 is 0.897 bits per heavy atom. The number of anilines is 4. The number of hydrogen-bond donors (Lipinski definition) is 3. The number of piperidine rings is 1. The lowest BCUT2D eigenvalue weighted by atomic mass is 10.1. The van der Waals surface area contributed by atoms with Crippen LogP contribution in [0.4, 0.5) is 23.1 Å². The van der Waals surface area contributed by atoms with E-state index in [4.69, 9.17) is 4.98 Å². The monoisotopic (exact) mass is 395 g/mol. The zero-order chi connectivity index (χ0) is 19.6. The number of rotatable bonds is 5. The lowest BCUT2D eigenvalue weighted by molar-refractivity contribution is 0.145. The summed E-state index contributed by atoms with van der Waals surface area (Å²) in [5.74, 6) is 3.07. The third kappa shape index (κ3) is 4.43. The Labute approximate surface area is 171 Å². The first-order chi connectivity index (χ1) is 14.2. The second kappa shape index (κ2) is 8.12. The number of aliphatic hydroxyl groups is 1. The lowest BCUT2D eigenvalue weighted by Gasteiger charge is -2.33. The third-order valence-corrected chi connectivity index (χ3v) is 5.99. The largest absolute Gasteiger partial charge is 0.393 e. The van der Waals surface area contributed by atoms with E-state index in [0.717, 1.165) is 75.3 Å². The summed E-state index contributed by atoms with van der Waals surface area (Å²) in [5, 5.41) is 16.6. The van der Waals surface area contributed by atoms with Gasteiger partial charge >= 0.3 is 0 Å². The van der Waals surface area contributed by atoms with Crippen LogP contribution in [0.25, 0.3) is 0 Å². The fourth-order valence-corrected chi connectivity index (χ4v) is 4.05. The van der Waals surface area contributed by atoms with Crippen LogP contribution in [0.5, 0.6) is 0 Å². The molecule has 3 fully saturated rings. The predicted molar refractivity (Wildman–Crippen MR) is 114 cm³/mol. The van der Waals surface area contributed by atoms with Gasteiger partial charge in [0.1, 0.15) is 17.5 Å². The second-order valence-electron chi connectivity index (χ2n) is 8.25. The summed E-state index contributed by atoms with van der Waals surface area (Å²) in [6.45, 7) is 5.60. The number of pyridine rings is 1. The normalized spacial score (nSPS) is 20.7. The minimum atomic E-state index is -0.194. The van der Waals surface area contributed by atoms with Crippen LogP contribution in [0.2, 0.25) is 0 Å². The molecule has 2 aromatic heterocycles. The van der Waals surface area contributed by atoms with Crippen LogP contribution in [0, 0.1) is 0 Å².